The Morgan fingerprint density at radius 2 is 2.00 bits per heavy atom. The highest BCUT2D eigenvalue weighted by molar-refractivity contribution is 5.94. The third kappa shape index (κ3) is 3.35. The maximum Gasteiger partial charge on any atom is 0.253 e. The number of carbonyl (C=O) groups is 1. The van der Waals surface area contributed by atoms with Crippen LogP contribution in [0, 0.1) is 12.8 Å². The lowest BCUT2D eigenvalue weighted by Crippen LogP contribution is -2.39. The molecule has 0 saturated carbocycles. The number of carbonyl (C=O) groups excluding carboxylic acids is 1. The summed E-state index contributed by atoms with van der Waals surface area (Å²) in [5, 5.41) is 3.42. The number of hydrogen-bond acceptors (Lipinski definition) is 2. The van der Waals surface area contributed by atoms with Gasteiger partial charge in [-0.2, -0.15) is 0 Å². The number of likely N-dealkylation sites (tertiary alicyclic amines) is 1. The first-order valence-electron chi connectivity index (χ1n) is 8.75. The van der Waals surface area contributed by atoms with Crippen LogP contribution < -0.4 is 5.32 Å². The monoisotopic (exact) mass is 300 g/mol. The van der Waals surface area contributed by atoms with E-state index in [1.165, 1.54) is 30.4 Å². The van der Waals surface area contributed by atoms with Gasteiger partial charge in [0.1, 0.15) is 0 Å². The number of amides is 1. The molecule has 2 heterocycles. The smallest absolute Gasteiger partial charge is 0.253 e. The lowest BCUT2D eigenvalue weighted by molar-refractivity contribution is 0.0683. The highest BCUT2D eigenvalue weighted by atomic mass is 16.2. The van der Waals surface area contributed by atoms with E-state index in [1.54, 1.807) is 0 Å². The van der Waals surface area contributed by atoms with Crippen LogP contribution in [-0.2, 0) is 0 Å². The van der Waals surface area contributed by atoms with E-state index >= 15 is 0 Å². The van der Waals surface area contributed by atoms with Gasteiger partial charge >= 0.3 is 0 Å². The number of hydrogen-bond donors (Lipinski definition) is 1. The lowest BCUT2D eigenvalue weighted by Gasteiger charge is -2.31. The third-order valence-electron chi connectivity index (χ3n) is 5.25. The Bertz CT molecular complexity index is 534. The summed E-state index contributed by atoms with van der Waals surface area (Å²) < 4.78 is 0. The first-order chi connectivity index (χ1) is 10.6. The Morgan fingerprint density at radius 3 is 2.73 bits per heavy atom. The van der Waals surface area contributed by atoms with Gasteiger partial charge in [-0.3, -0.25) is 4.79 Å². The van der Waals surface area contributed by atoms with Gasteiger partial charge in [0.15, 0.2) is 0 Å². The minimum atomic E-state index is 0.224. The second-order valence-corrected chi connectivity index (χ2v) is 7.09. The first-order valence-corrected chi connectivity index (χ1v) is 8.75. The summed E-state index contributed by atoms with van der Waals surface area (Å²) in [7, 11) is 0. The van der Waals surface area contributed by atoms with Crippen LogP contribution in [0.1, 0.15) is 60.0 Å². The van der Waals surface area contributed by atoms with Gasteiger partial charge in [-0.1, -0.05) is 13.0 Å². The quantitative estimate of drug-likeness (QED) is 0.908. The number of nitrogens with zero attached hydrogens (tertiary/aromatic N) is 1. The van der Waals surface area contributed by atoms with Gasteiger partial charge in [-0.25, -0.2) is 0 Å². The summed E-state index contributed by atoms with van der Waals surface area (Å²) in [6.07, 6.45) is 4.75. The molecule has 0 radical (unpaired) electrons. The van der Waals surface area contributed by atoms with Gasteiger partial charge in [0.2, 0.25) is 0 Å². The van der Waals surface area contributed by atoms with Gasteiger partial charge in [0, 0.05) is 18.7 Å². The van der Waals surface area contributed by atoms with E-state index in [4.69, 9.17) is 0 Å². The second-order valence-electron chi connectivity index (χ2n) is 7.09. The Kier molecular flexibility index (Phi) is 4.82. The number of benzene rings is 1. The van der Waals surface area contributed by atoms with Crippen LogP contribution in [0.4, 0.5) is 0 Å². The van der Waals surface area contributed by atoms with Crippen LogP contribution >= 0.6 is 0 Å². The molecule has 2 saturated heterocycles. The van der Waals surface area contributed by atoms with Crippen molar-refractivity contribution in [3.8, 4) is 0 Å². The van der Waals surface area contributed by atoms with Crippen molar-refractivity contribution in [1.29, 1.82) is 0 Å². The topological polar surface area (TPSA) is 32.3 Å². The van der Waals surface area contributed by atoms with Crippen molar-refractivity contribution < 1.29 is 4.79 Å². The number of nitrogens with one attached hydrogen (secondary N) is 1. The fourth-order valence-electron chi connectivity index (χ4n) is 3.90. The maximum atomic E-state index is 12.8. The molecule has 1 N–H and O–H groups in total. The molecule has 120 valence electrons. The van der Waals surface area contributed by atoms with Crippen LogP contribution in [0.3, 0.4) is 0 Å². The van der Waals surface area contributed by atoms with Gasteiger partial charge in [-0.15, -0.1) is 0 Å². The Hall–Kier alpha value is -1.35. The summed E-state index contributed by atoms with van der Waals surface area (Å²) in [6.45, 7) is 8.43. The van der Waals surface area contributed by atoms with E-state index in [-0.39, 0.29) is 5.91 Å². The fourth-order valence-corrected chi connectivity index (χ4v) is 3.90. The number of aryl methyl sites for hydroxylation is 1. The highest BCUT2D eigenvalue weighted by Gasteiger charge is 2.24. The lowest BCUT2D eigenvalue weighted by atomic mass is 9.86. The molecule has 2 aliphatic heterocycles. The van der Waals surface area contributed by atoms with Crippen molar-refractivity contribution >= 4 is 5.91 Å². The van der Waals surface area contributed by atoms with Crippen molar-refractivity contribution in [3.05, 3.63) is 34.9 Å². The number of rotatable bonds is 2. The molecule has 3 heteroatoms. The molecule has 0 aromatic heterocycles. The Balaban J connectivity index is 1.80. The van der Waals surface area contributed by atoms with Crippen molar-refractivity contribution in [1.82, 2.24) is 10.2 Å². The molecule has 1 atom stereocenters. The second kappa shape index (κ2) is 6.82. The van der Waals surface area contributed by atoms with Gasteiger partial charge in [0.25, 0.3) is 5.91 Å². The van der Waals surface area contributed by atoms with E-state index in [0.29, 0.717) is 11.8 Å². The maximum absolute atomic E-state index is 12.8. The first kappa shape index (κ1) is 15.5. The van der Waals surface area contributed by atoms with E-state index in [9.17, 15) is 4.79 Å². The molecule has 1 amide bonds. The summed E-state index contributed by atoms with van der Waals surface area (Å²) in [6, 6.07) is 6.33. The van der Waals surface area contributed by atoms with Crippen LogP contribution in [0.5, 0.6) is 0 Å². The molecule has 3 rings (SSSR count). The Labute approximate surface area is 134 Å². The highest BCUT2D eigenvalue weighted by Crippen LogP contribution is 2.29. The average molecular weight is 300 g/mol. The zero-order chi connectivity index (χ0) is 15.5. The molecule has 1 aromatic rings. The van der Waals surface area contributed by atoms with Crippen molar-refractivity contribution in [2.24, 2.45) is 5.92 Å². The molecule has 22 heavy (non-hydrogen) atoms. The summed E-state index contributed by atoms with van der Waals surface area (Å²) in [5.74, 6) is 1.46. The van der Waals surface area contributed by atoms with Crippen molar-refractivity contribution in [2.75, 3.05) is 26.2 Å². The van der Waals surface area contributed by atoms with Gasteiger partial charge in [0.05, 0.1) is 0 Å². The fraction of sp³-hybridized carbons (Fsp3) is 0.632. The van der Waals surface area contributed by atoms with Gasteiger partial charge < -0.3 is 10.2 Å². The molecule has 1 aromatic carbocycles. The Morgan fingerprint density at radius 1 is 1.23 bits per heavy atom. The summed E-state index contributed by atoms with van der Waals surface area (Å²) in [4.78, 5) is 14.9. The molecule has 0 aliphatic carbocycles. The number of piperidine rings is 2. The molecule has 3 nitrogen and oxygen atoms in total. The van der Waals surface area contributed by atoms with E-state index in [2.05, 4.69) is 31.3 Å². The molecule has 1 unspecified atom stereocenters. The molecule has 2 fully saturated rings. The van der Waals surface area contributed by atoms with Gasteiger partial charge in [-0.05, 0) is 80.8 Å². The van der Waals surface area contributed by atoms with Crippen LogP contribution in [0.2, 0.25) is 0 Å². The molecular formula is C19H28N2O. The van der Waals surface area contributed by atoms with Crippen LogP contribution in [0.15, 0.2) is 18.2 Å². The SMILES string of the molecule is Cc1ccc(C(=O)N2CCCC(C)C2)cc1C1CCNCC1. The predicted molar refractivity (Wildman–Crippen MR) is 90.3 cm³/mol. The summed E-state index contributed by atoms with van der Waals surface area (Å²) in [5.41, 5.74) is 3.60. The molecule has 0 bridgehead atoms. The van der Waals surface area contributed by atoms with Crippen molar-refractivity contribution in [3.63, 3.8) is 0 Å². The van der Waals surface area contributed by atoms with Crippen LogP contribution in [0.25, 0.3) is 0 Å². The predicted octanol–water partition coefficient (Wildman–Crippen LogP) is 3.33. The molecule has 2 aliphatic rings. The van der Waals surface area contributed by atoms with E-state index in [0.717, 1.165) is 38.2 Å². The largest absolute Gasteiger partial charge is 0.338 e. The average Bonchev–Trinajstić information content (AvgIpc) is 2.55. The minimum absolute atomic E-state index is 0.224. The van der Waals surface area contributed by atoms with Crippen LogP contribution in [-0.4, -0.2) is 37.0 Å². The van der Waals surface area contributed by atoms with E-state index < -0.39 is 0 Å². The molecule has 0 spiro atoms. The van der Waals surface area contributed by atoms with Crippen molar-refractivity contribution in [2.45, 2.75) is 45.4 Å². The normalized spacial score (nSPS) is 23.5. The summed E-state index contributed by atoms with van der Waals surface area (Å²) >= 11 is 0. The van der Waals surface area contributed by atoms with E-state index in [1.807, 2.05) is 11.0 Å². The zero-order valence-electron chi connectivity index (χ0n) is 13.9. The minimum Gasteiger partial charge on any atom is -0.338 e. The zero-order valence-corrected chi connectivity index (χ0v) is 13.9. The third-order valence-corrected chi connectivity index (χ3v) is 5.25. The standard InChI is InChI=1S/C19H28N2O/c1-14-4-3-11-21(13-14)19(22)17-6-5-15(2)18(12-17)16-7-9-20-10-8-16/h5-6,12,14,16,20H,3-4,7-11,13H2,1-2H3. The molecular weight excluding hydrogens is 272 g/mol.